The highest BCUT2D eigenvalue weighted by Gasteiger charge is 2.20. The van der Waals surface area contributed by atoms with Gasteiger partial charge in [-0.2, -0.15) is 0 Å². The van der Waals surface area contributed by atoms with Crippen molar-refractivity contribution in [1.29, 1.82) is 0 Å². The van der Waals surface area contributed by atoms with Crippen LogP contribution in [0.1, 0.15) is 30.6 Å². The highest BCUT2D eigenvalue weighted by atomic mass is 79.9. The highest BCUT2D eigenvalue weighted by Crippen LogP contribution is 2.35. The first-order chi connectivity index (χ1) is 11.1. The molecule has 6 heteroatoms. The van der Waals surface area contributed by atoms with Crippen molar-refractivity contribution < 1.29 is 9.90 Å². The molecule has 1 aliphatic heterocycles. The van der Waals surface area contributed by atoms with Crippen molar-refractivity contribution in [3.63, 3.8) is 0 Å². The molecular weight excluding hydrogens is 376 g/mol. The fraction of sp³-hybridized carbons (Fsp3) is 0.412. The van der Waals surface area contributed by atoms with Crippen LogP contribution in [0.25, 0.3) is 11.3 Å². The van der Waals surface area contributed by atoms with E-state index in [9.17, 15) is 9.90 Å². The van der Waals surface area contributed by atoms with Crippen LogP contribution in [0, 0.1) is 0 Å². The van der Waals surface area contributed by atoms with Gasteiger partial charge >= 0.3 is 5.97 Å². The number of benzene rings is 1. The lowest BCUT2D eigenvalue weighted by Gasteiger charge is -2.18. The maximum atomic E-state index is 11.2. The number of carboxylic acid groups (broad SMARTS) is 1. The van der Waals surface area contributed by atoms with Crippen molar-refractivity contribution in [2.24, 2.45) is 0 Å². The van der Waals surface area contributed by atoms with Crippen molar-refractivity contribution in [2.45, 2.75) is 32.1 Å². The van der Waals surface area contributed by atoms with E-state index in [4.69, 9.17) is 4.98 Å². The van der Waals surface area contributed by atoms with Crippen LogP contribution < -0.4 is 4.90 Å². The second-order valence-corrected chi connectivity index (χ2v) is 7.72. The van der Waals surface area contributed by atoms with Crippen LogP contribution in [0.5, 0.6) is 0 Å². The third kappa shape index (κ3) is 4.12. The van der Waals surface area contributed by atoms with Crippen LogP contribution in [0.15, 0.2) is 28.7 Å². The molecule has 0 unspecified atom stereocenters. The van der Waals surface area contributed by atoms with Gasteiger partial charge in [0.2, 0.25) is 0 Å². The van der Waals surface area contributed by atoms with Crippen molar-refractivity contribution in [1.82, 2.24) is 4.98 Å². The summed E-state index contributed by atoms with van der Waals surface area (Å²) in [4.78, 5) is 19.1. The number of nitrogens with zero attached hydrogens (tertiary/aromatic N) is 2. The third-order valence-electron chi connectivity index (χ3n) is 3.99. The van der Waals surface area contributed by atoms with Gasteiger partial charge in [0.05, 0.1) is 12.1 Å². The number of hydrogen-bond donors (Lipinski definition) is 1. The summed E-state index contributed by atoms with van der Waals surface area (Å²) in [6.45, 7) is 2.03. The molecule has 23 heavy (non-hydrogen) atoms. The fourth-order valence-electron chi connectivity index (χ4n) is 2.83. The van der Waals surface area contributed by atoms with Gasteiger partial charge in [-0.3, -0.25) is 4.79 Å². The molecule has 2 heterocycles. The third-order valence-corrected chi connectivity index (χ3v) is 5.64. The first-order valence-corrected chi connectivity index (χ1v) is 9.47. The van der Waals surface area contributed by atoms with E-state index in [1.165, 1.54) is 37.0 Å². The number of aliphatic carboxylic acids is 1. The van der Waals surface area contributed by atoms with Crippen LogP contribution >= 0.6 is 27.3 Å². The Morgan fingerprint density at radius 3 is 2.43 bits per heavy atom. The molecule has 0 bridgehead atoms. The lowest BCUT2D eigenvalue weighted by atomic mass is 10.1. The Labute approximate surface area is 148 Å². The first-order valence-electron chi connectivity index (χ1n) is 7.86. The van der Waals surface area contributed by atoms with Crippen LogP contribution in [-0.2, 0) is 11.2 Å². The highest BCUT2D eigenvalue weighted by molar-refractivity contribution is 9.10. The maximum absolute atomic E-state index is 11.2. The molecule has 1 saturated heterocycles. The Balaban J connectivity index is 1.95. The minimum atomic E-state index is -0.811. The molecule has 2 aromatic rings. The zero-order chi connectivity index (χ0) is 16.2. The van der Waals surface area contributed by atoms with E-state index in [0.717, 1.165) is 38.8 Å². The van der Waals surface area contributed by atoms with E-state index in [1.54, 1.807) is 0 Å². The molecule has 0 radical (unpaired) electrons. The zero-order valence-corrected chi connectivity index (χ0v) is 15.2. The molecule has 0 amide bonds. The quantitative estimate of drug-likeness (QED) is 0.824. The second kappa shape index (κ2) is 7.45. The van der Waals surface area contributed by atoms with Crippen molar-refractivity contribution in [3.8, 4) is 11.3 Å². The van der Waals surface area contributed by atoms with Gasteiger partial charge < -0.3 is 10.0 Å². The number of halogens is 1. The average molecular weight is 395 g/mol. The molecule has 1 aromatic carbocycles. The number of carboxylic acids is 1. The van der Waals surface area contributed by atoms with Gasteiger partial charge in [0.25, 0.3) is 0 Å². The fourth-order valence-corrected chi connectivity index (χ4v) is 4.22. The van der Waals surface area contributed by atoms with Gasteiger partial charge in [0.1, 0.15) is 0 Å². The van der Waals surface area contributed by atoms with E-state index in [0.29, 0.717) is 0 Å². The Morgan fingerprint density at radius 1 is 1.17 bits per heavy atom. The maximum Gasteiger partial charge on any atom is 0.308 e. The molecule has 1 fully saturated rings. The average Bonchev–Trinajstić information content (AvgIpc) is 2.75. The molecule has 0 atom stereocenters. The lowest BCUT2D eigenvalue weighted by Crippen LogP contribution is -2.23. The molecule has 122 valence electrons. The lowest BCUT2D eigenvalue weighted by molar-refractivity contribution is -0.136. The molecule has 1 aromatic heterocycles. The van der Waals surface area contributed by atoms with Crippen LogP contribution in [-0.4, -0.2) is 29.1 Å². The van der Waals surface area contributed by atoms with E-state index >= 15 is 0 Å². The molecule has 4 nitrogen and oxygen atoms in total. The summed E-state index contributed by atoms with van der Waals surface area (Å²) in [5.41, 5.74) is 1.78. The standard InChI is InChI=1S/C17H19BrN2O2S/c18-13-7-5-12(6-8-13)16-14(11-15(21)22)23-17(19-16)20-9-3-1-2-4-10-20/h5-8H,1-4,9-11H2,(H,21,22). The molecule has 1 N–H and O–H groups in total. The number of thiazole rings is 1. The number of anilines is 1. The van der Waals surface area contributed by atoms with E-state index < -0.39 is 5.97 Å². The normalized spacial score (nSPS) is 15.4. The summed E-state index contributed by atoms with van der Waals surface area (Å²) in [5, 5.41) is 10.2. The van der Waals surface area contributed by atoms with Crippen LogP contribution in [0.4, 0.5) is 5.13 Å². The molecule has 0 aliphatic carbocycles. The van der Waals surface area contributed by atoms with Crippen LogP contribution in [0.3, 0.4) is 0 Å². The Bertz CT molecular complexity index is 676. The summed E-state index contributed by atoms with van der Waals surface area (Å²) >= 11 is 4.96. The smallest absolute Gasteiger partial charge is 0.308 e. The Kier molecular flexibility index (Phi) is 5.33. The Morgan fingerprint density at radius 2 is 1.83 bits per heavy atom. The second-order valence-electron chi connectivity index (χ2n) is 5.75. The number of rotatable bonds is 4. The zero-order valence-electron chi connectivity index (χ0n) is 12.8. The number of carbonyl (C=O) groups is 1. The largest absolute Gasteiger partial charge is 0.481 e. The van der Waals surface area contributed by atoms with E-state index in [-0.39, 0.29) is 6.42 Å². The molecule has 3 rings (SSSR count). The van der Waals surface area contributed by atoms with Gasteiger partial charge in [-0.15, -0.1) is 11.3 Å². The van der Waals surface area contributed by atoms with Gasteiger partial charge in [-0.25, -0.2) is 4.98 Å². The topological polar surface area (TPSA) is 53.4 Å². The summed E-state index contributed by atoms with van der Waals surface area (Å²) in [6.07, 6.45) is 4.92. The first kappa shape index (κ1) is 16.5. The summed E-state index contributed by atoms with van der Waals surface area (Å²) in [5.74, 6) is -0.811. The van der Waals surface area contributed by atoms with E-state index in [2.05, 4.69) is 20.8 Å². The van der Waals surface area contributed by atoms with Gasteiger partial charge in [-0.05, 0) is 25.0 Å². The van der Waals surface area contributed by atoms with Crippen LogP contribution in [0.2, 0.25) is 0 Å². The monoisotopic (exact) mass is 394 g/mol. The summed E-state index contributed by atoms with van der Waals surface area (Å²) in [7, 11) is 0. The summed E-state index contributed by atoms with van der Waals surface area (Å²) in [6, 6.07) is 7.89. The van der Waals surface area contributed by atoms with Crippen molar-refractivity contribution >= 4 is 38.4 Å². The minimum absolute atomic E-state index is 0.0247. The predicted molar refractivity (Wildman–Crippen MR) is 97.3 cm³/mol. The Hall–Kier alpha value is -1.40. The molecule has 0 spiro atoms. The number of aromatic nitrogens is 1. The summed E-state index contributed by atoms with van der Waals surface area (Å²) < 4.78 is 1.00. The molecule has 0 saturated carbocycles. The van der Waals surface area contributed by atoms with Gasteiger partial charge in [-0.1, -0.05) is 40.9 Å². The van der Waals surface area contributed by atoms with Gasteiger partial charge in [0, 0.05) is 28.0 Å². The van der Waals surface area contributed by atoms with E-state index in [1.807, 2.05) is 24.3 Å². The SMILES string of the molecule is O=C(O)Cc1sc(N2CCCCCC2)nc1-c1ccc(Br)cc1. The number of hydrogen-bond acceptors (Lipinski definition) is 4. The molecule has 1 aliphatic rings. The minimum Gasteiger partial charge on any atom is -0.481 e. The molecular formula is C17H19BrN2O2S. The van der Waals surface area contributed by atoms with Crippen molar-refractivity contribution in [3.05, 3.63) is 33.6 Å². The predicted octanol–water partition coefficient (Wildman–Crippen LogP) is 4.58. The van der Waals surface area contributed by atoms with Gasteiger partial charge in [0.15, 0.2) is 5.13 Å². The van der Waals surface area contributed by atoms with Crippen molar-refractivity contribution in [2.75, 3.05) is 18.0 Å².